The first-order valence-corrected chi connectivity index (χ1v) is 10.6. The SMILES string of the molecule is COc1ccc(OCCn2c(C(C)NC(=O)c3ccc(C)cc3)nc3ccccc32)cc1. The predicted molar refractivity (Wildman–Crippen MR) is 125 cm³/mol. The van der Waals surface area contributed by atoms with E-state index in [1.165, 1.54) is 0 Å². The average Bonchev–Trinajstić information content (AvgIpc) is 3.19. The second-order valence-electron chi connectivity index (χ2n) is 7.70. The molecule has 0 fully saturated rings. The molecule has 0 radical (unpaired) electrons. The van der Waals surface area contributed by atoms with Crippen LogP contribution in [0.15, 0.2) is 72.8 Å². The Bertz CT molecular complexity index is 1200. The van der Waals surface area contributed by atoms with Gasteiger partial charge in [-0.2, -0.15) is 0 Å². The lowest BCUT2D eigenvalue weighted by Gasteiger charge is -2.17. The maximum Gasteiger partial charge on any atom is 0.251 e. The number of fused-ring (bicyclic) bond motifs is 1. The summed E-state index contributed by atoms with van der Waals surface area (Å²) in [5.74, 6) is 2.24. The van der Waals surface area contributed by atoms with Crippen LogP contribution >= 0.6 is 0 Å². The normalized spacial score (nSPS) is 11.8. The van der Waals surface area contributed by atoms with Crippen LogP contribution < -0.4 is 14.8 Å². The lowest BCUT2D eigenvalue weighted by molar-refractivity contribution is 0.0937. The molecular weight excluding hydrogens is 402 g/mol. The van der Waals surface area contributed by atoms with Crippen molar-refractivity contribution in [2.45, 2.75) is 26.4 Å². The molecule has 6 nitrogen and oxygen atoms in total. The first kappa shape index (κ1) is 21.4. The summed E-state index contributed by atoms with van der Waals surface area (Å²) in [6.07, 6.45) is 0. The van der Waals surface area contributed by atoms with E-state index in [9.17, 15) is 4.79 Å². The lowest BCUT2D eigenvalue weighted by atomic mass is 10.1. The van der Waals surface area contributed by atoms with E-state index >= 15 is 0 Å². The molecule has 1 N–H and O–H groups in total. The zero-order chi connectivity index (χ0) is 22.5. The Morgan fingerprint density at radius 1 is 1.00 bits per heavy atom. The molecule has 1 amide bonds. The number of aryl methyl sites for hydroxylation is 1. The van der Waals surface area contributed by atoms with E-state index < -0.39 is 0 Å². The molecule has 0 aliphatic rings. The van der Waals surface area contributed by atoms with Crippen molar-refractivity contribution in [3.05, 3.63) is 89.7 Å². The summed E-state index contributed by atoms with van der Waals surface area (Å²) in [5.41, 5.74) is 3.65. The number of para-hydroxylation sites is 2. The number of ether oxygens (including phenoxy) is 2. The van der Waals surface area contributed by atoms with Crippen LogP contribution in [0.4, 0.5) is 0 Å². The molecule has 1 unspecified atom stereocenters. The monoisotopic (exact) mass is 429 g/mol. The van der Waals surface area contributed by atoms with Crippen LogP contribution in [0.5, 0.6) is 11.5 Å². The lowest BCUT2D eigenvalue weighted by Crippen LogP contribution is -2.29. The molecule has 32 heavy (non-hydrogen) atoms. The van der Waals surface area contributed by atoms with Crippen LogP contribution in [0.2, 0.25) is 0 Å². The topological polar surface area (TPSA) is 65.4 Å². The molecule has 4 aromatic rings. The second-order valence-corrected chi connectivity index (χ2v) is 7.70. The van der Waals surface area contributed by atoms with E-state index in [2.05, 4.69) is 9.88 Å². The van der Waals surface area contributed by atoms with Gasteiger partial charge in [0.15, 0.2) is 0 Å². The fourth-order valence-electron chi connectivity index (χ4n) is 3.64. The van der Waals surface area contributed by atoms with Gasteiger partial charge < -0.3 is 19.4 Å². The van der Waals surface area contributed by atoms with Gasteiger partial charge in [0.1, 0.15) is 23.9 Å². The highest BCUT2D eigenvalue weighted by molar-refractivity contribution is 5.94. The van der Waals surface area contributed by atoms with Gasteiger partial charge in [-0.25, -0.2) is 4.98 Å². The fourth-order valence-corrected chi connectivity index (χ4v) is 3.64. The Kier molecular flexibility index (Phi) is 6.40. The van der Waals surface area contributed by atoms with Gasteiger partial charge in [-0.1, -0.05) is 29.8 Å². The van der Waals surface area contributed by atoms with Crippen LogP contribution in [0.1, 0.15) is 34.7 Å². The molecule has 0 saturated carbocycles. The second kappa shape index (κ2) is 9.56. The zero-order valence-electron chi connectivity index (χ0n) is 18.5. The molecule has 0 spiro atoms. The predicted octanol–water partition coefficient (Wildman–Crippen LogP) is 4.92. The number of carbonyl (C=O) groups excluding carboxylic acids is 1. The molecule has 1 aromatic heterocycles. The smallest absolute Gasteiger partial charge is 0.251 e. The number of amides is 1. The largest absolute Gasteiger partial charge is 0.497 e. The van der Waals surface area contributed by atoms with Crippen LogP contribution in [-0.4, -0.2) is 29.2 Å². The average molecular weight is 430 g/mol. The number of nitrogens with one attached hydrogen (secondary N) is 1. The van der Waals surface area contributed by atoms with Gasteiger partial charge in [-0.15, -0.1) is 0 Å². The fraction of sp³-hybridized carbons (Fsp3) is 0.231. The van der Waals surface area contributed by atoms with Crippen molar-refractivity contribution in [3.63, 3.8) is 0 Å². The minimum Gasteiger partial charge on any atom is -0.497 e. The molecular formula is C26H27N3O3. The van der Waals surface area contributed by atoms with E-state index in [0.29, 0.717) is 18.7 Å². The van der Waals surface area contributed by atoms with Gasteiger partial charge in [-0.3, -0.25) is 4.79 Å². The zero-order valence-corrected chi connectivity index (χ0v) is 18.5. The Balaban J connectivity index is 1.51. The van der Waals surface area contributed by atoms with Crippen molar-refractivity contribution in [2.75, 3.05) is 13.7 Å². The molecule has 3 aromatic carbocycles. The standard InChI is InChI=1S/C26H27N3O3/c1-18-8-10-20(11-9-18)26(30)27-19(2)25-28-23-6-4-5-7-24(23)29(25)16-17-32-22-14-12-21(31-3)13-15-22/h4-15,19H,16-17H2,1-3H3,(H,27,30). The van der Waals surface area contributed by atoms with E-state index in [1.807, 2.05) is 86.6 Å². The maximum absolute atomic E-state index is 12.7. The van der Waals surface area contributed by atoms with Crippen molar-refractivity contribution < 1.29 is 14.3 Å². The Morgan fingerprint density at radius 3 is 2.41 bits per heavy atom. The van der Waals surface area contributed by atoms with E-state index in [4.69, 9.17) is 14.5 Å². The number of rotatable bonds is 8. The summed E-state index contributed by atoms with van der Waals surface area (Å²) < 4.78 is 13.2. The minimum atomic E-state index is -0.266. The van der Waals surface area contributed by atoms with E-state index in [0.717, 1.165) is 33.9 Å². The molecule has 6 heteroatoms. The van der Waals surface area contributed by atoms with Crippen LogP contribution in [0, 0.1) is 6.92 Å². The number of imidazole rings is 1. The number of nitrogens with zero attached hydrogens (tertiary/aromatic N) is 2. The molecule has 0 aliphatic carbocycles. The molecule has 4 rings (SSSR count). The van der Waals surface area contributed by atoms with Crippen LogP contribution in [-0.2, 0) is 6.54 Å². The quantitative estimate of drug-likeness (QED) is 0.432. The Hall–Kier alpha value is -3.80. The van der Waals surface area contributed by atoms with Crippen LogP contribution in [0.25, 0.3) is 11.0 Å². The highest BCUT2D eigenvalue weighted by Crippen LogP contribution is 2.22. The van der Waals surface area contributed by atoms with Gasteiger partial charge in [0.2, 0.25) is 0 Å². The van der Waals surface area contributed by atoms with Crippen molar-refractivity contribution >= 4 is 16.9 Å². The Morgan fingerprint density at radius 2 is 1.69 bits per heavy atom. The van der Waals surface area contributed by atoms with Gasteiger partial charge in [0, 0.05) is 5.56 Å². The molecule has 0 bridgehead atoms. The summed E-state index contributed by atoms with van der Waals surface area (Å²) in [7, 11) is 1.64. The molecule has 1 atom stereocenters. The van der Waals surface area contributed by atoms with Gasteiger partial charge >= 0.3 is 0 Å². The maximum atomic E-state index is 12.7. The van der Waals surface area contributed by atoms with Crippen molar-refractivity contribution in [1.29, 1.82) is 0 Å². The highest BCUT2D eigenvalue weighted by atomic mass is 16.5. The summed E-state index contributed by atoms with van der Waals surface area (Å²) in [5, 5.41) is 3.08. The highest BCUT2D eigenvalue weighted by Gasteiger charge is 2.19. The summed E-state index contributed by atoms with van der Waals surface area (Å²) >= 11 is 0. The number of methoxy groups -OCH3 is 1. The first-order chi connectivity index (χ1) is 15.5. The molecule has 0 saturated heterocycles. The molecule has 164 valence electrons. The third kappa shape index (κ3) is 4.75. The van der Waals surface area contributed by atoms with E-state index in [-0.39, 0.29) is 11.9 Å². The van der Waals surface area contributed by atoms with Crippen LogP contribution in [0.3, 0.4) is 0 Å². The number of aromatic nitrogens is 2. The molecule has 1 heterocycles. The van der Waals surface area contributed by atoms with Gasteiger partial charge in [0.05, 0.1) is 30.7 Å². The van der Waals surface area contributed by atoms with Crippen molar-refractivity contribution in [1.82, 2.24) is 14.9 Å². The van der Waals surface area contributed by atoms with Gasteiger partial charge in [-0.05, 0) is 62.4 Å². The first-order valence-electron chi connectivity index (χ1n) is 10.6. The van der Waals surface area contributed by atoms with E-state index in [1.54, 1.807) is 7.11 Å². The summed E-state index contributed by atoms with van der Waals surface area (Å²) in [6.45, 7) is 5.03. The number of benzene rings is 3. The van der Waals surface area contributed by atoms with Crippen molar-refractivity contribution in [2.24, 2.45) is 0 Å². The van der Waals surface area contributed by atoms with Crippen molar-refractivity contribution in [3.8, 4) is 11.5 Å². The number of hydrogen-bond donors (Lipinski definition) is 1. The third-order valence-electron chi connectivity index (χ3n) is 5.38. The number of hydrogen-bond acceptors (Lipinski definition) is 4. The third-order valence-corrected chi connectivity index (χ3v) is 5.38. The Labute approximate surface area is 187 Å². The molecule has 0 aliphatic heterocycles. The number of carbonyl (C=O) groups is 1. The summed E-state index contributed by atoms with van der Waals surface area (Å²) in [4.78, 5) is 17.5. The minimum absolute atomic E-state index is 0.120. The van der Waals surface area contributed by atoms with Gasteiger partial charge in [0.25, 0.3) is 5.91 Å². The summed E-state index contributed by atoms with van der Waals surface area (Å²) in [6, 6.07) is 22.8.